The summed E-state index contributed by atoms with van der Waals surface area (Å²) < 4.78 is 21.1. The Morgan fingerprint density at radius 3 is 2.12 bits per heavy atom. The van der Waals surface area contributed by atoms with E-state index in [4.69, 9.17) is 18.9 Å². The molecule has 0 amide bonds. The molecule has 1 heterocycles. The van der Waals surface area contributed by atoms with Crippen molar-refractivity contribution in [2.24, 2.45) is 4.99 Å². The smallest absolute Gasteiger partial charge is 0.363 e. The van der Waals surface area contributed by atoms with Crippen LogP contribution in [-0.4, -0.2) is 33.2 Å². The van der Waals surface area contributed by atoms with Crippen molar-refractivity contribution in [2.45, 2.75) is 0 Å². The second kappa shape index (κ2) is 7.09. The number of benzene rings is 2. The highest BCUT2D eigenvalue weighted by Crippen LogP contribution is 2.32. The maximum Gasteiger partial charge on any atom is 0.363 e. The third-order valence-corrected chi connectivity index (χ3v) is 3.68. The van der Waals surface area contributed by atoms with Crippen molar-refractivity contribution in [3.8, 4) is 17.2 Å². The van der Waals surface area contributed by atoms with E-state index in [1.165, 1.54) is 14.2 Å². The molecule has 3 rings (SSSR count). The van der Waals surface area contributed by atoms with Gasteiger partial charge in [-0.05, 0) is 35.9 Å². The molecule has 0 unspecified atom stereocenters. The highest BCUT2D eigenvalue weighted by atomic mass is 16.6. The minimum absolute atomic E-state index is 0.152. The monoisotopic (exact) mass is 339 g/mol. The van der Waals surface area contributed by atoms with Crippen LogP contribution in [0, 0.1) is 0 Å². The summed E-state index contributed by atoms with van der Waals surface area (Å²) in [6, 6.07) is 12.6. The van der Waals surface area contributed by atoms with E-state index >= 15 is 0 Å². The quantitative estimate of drug-likeness (QED) is 0.619. The number of nitrogens with zero attached hydrogens (tertiary/aromatic N) is 1. The molecule has 25 heavy (non-hydrogen) atoms. The molecule has 0 spiro atoms. The third-order valence-electron chi connectivity index (χ3n) is 3.68. The predicted molar refractivity (Wildman–Crippen MR) is 93.1 cm³/mol. The summed E-state index contributed by atoms with van der Waals surface area (Å²) in [5, 5.41) is 0. The molecule has 2 aromatic carbocycles. The number of aliphatic imine (C=N–C) groups is 1. The van der Waals surface area contributed by atoms with Gasteiger partial charge in [-0.15, -0.1) is 0 Å². The summed E-state index contributed by atoms with van der Waals surface area (Å²) in [4.78, 5) is 16.5. The van der Waals surface area contributed by atoms with Crippen LogP contribution in [-0.2, 0) is 9.53 Å². The average Bonchev–Trinajstić information content (AvgIpc) is 3.01. The van der Waals surface area contributed by atoms with Gasteiger partial charge in [-0.3, -0.25) is 0 Å². The molecule has 1 aliphatic heterocycles. The van der Waals surface area contributed by atoms with Crippen LogP contribution in [0.4, 0.5) is 0 Å². The van der Waals surface area contributed by atoms with Crippen LogP contribution in [0.15, 0.2) is 53.2 Å². The second-order valence-electron chi connectivity index (χ2n) is 5.15. The molecule has 0 saturated heterocycles. The van der Waals surface area contributed by atoms with Crippen LogP contribution >= 0.6 is 0 Å². The lowest BCUT2D eigenvalue weighted by Gasteiger charge is -2.11. The first-order valence-corrected chi connectivity index (χ1v) is 7.54. The number of rotatable bonds is 5. The normalized spacial score (nSPS) is 14.9. The first-order chi connectivity index (χ1) is 12.2. The summed E-state index contributed by atoms with van der Waals surface area (Å²) in [6.45, 7) is 0. The zero-order valence-corrected chi connectivity index (χ0v) is 14.1. The molecule has 0 bridgehead atoms. The summed E-state index contributed by atoms with van der Waals surface area (Å²) in [7, 11) is 4.66. The van der Waals surface area contributed by atoms with Crippen LogP contribution in [0.5, 0.6) is 17.2 Å². The molecule has 0 radical (unpaired) electrons. The minimum atomic E-state index is -0.529. The first kappa shape index (κ1) is 16.6. The Morgan fingerprint density at radius 2 is 1.56 bits per heavy atom. The van der Waals surface area contributed by atoms with E-state index in [2.05, 4.69) is 4.99 Å². The molecule has 0 atom stereocenters. The van der Waals surface area contributed by atoms with Gasteiger partial charge < -0.3 is 18.9 Å². The van der Waals surface area contributed by atoms with E-state index < -0.39 is 5.97 Å². The van der Waals surface area contributed by atoms with E-state index in [1.807, 2.05) is 12.1 Å². The Kier molecular flexibility index (Phi) is 4.70. The maximum absolute atomic E-state index is 12.2. The molecule has 128 valence electrons. The summed E-state index contributed by atoms with van der Waals surface area (Å²) in [6.07, 6.45) is 1.65. The molecule has 1 aliphatic rings. The Morgan fingerprint density at radius 1 is 0.920 bits per heavy atom. The van der Waals surface area contributed by atoms with Crippen molar-refractivity contribution in [3.05, 3.63) is 59.3 Å². The lowest BCUT2D eigenvalue weighted by molar-refractivity contribution is -0.129. The van der Waals surface area contributed by atoms with E-state index in [0.717, 1.165) is 11.3 Å². The van der Waals surface area contributed by atoms with Gasteiger partial charge >= 0.3 is 5.97 Å². The maximum atomic E-state index is 12.2. The Hall–Kier alpha value is -3.28. The molecule has 6 nitrogen and oxygen atoms in total. The van der Waals surface area contributed by atoms with Gasteiger partial charge in [0.05, 0.1) is 21.3 Å². The number of carbonyl (C=O) groups is 1. The van der Waals surface area contributed by atoms with Crippen LogP contribution < -0.4 is 14.2 Å². The van der Waals surface area contributed by atoms with E-state index in [9.17, 15) is 4.79 Å². The molecular formula is C19H17NO5. The summed E-state index contributed by atoms with van der Waals surface area (Å²) in [5.41, 5.74) is 1.51. The summed E-state index contributed by atoms with van der Waals surface area (Å²) >= 11 is 0. The van der Waals surface area contributed by atoms with Crippen LogP contribution in [0.25, 0.3) is 6.08 Å². The molecular weight excluding hydrogens is 322 g/mol. The Balaban J connectivity index is 1.99. The van der Waals surface area contributed by atoms with Gasteiger partial charge in [0, 0.05) is 0 Å². The van der Waals surface area contributed by atoms with Crippen molar-refractivity contribution >= 4 is 17.9 Å². The molecule has 0 aliphatic carbocycles. The number of cyclic esters (lactones) is 1. The van der Waals surface area contributed by atoms with Gasteiger partial charge in [0.25, 0.3) is 0 Å². The van der Waals surface area contributed by atoms with Gasteiger partial charge in [0.2, 0.25) is 5.90 Å². The fraction of sp³-hybridized carbons (Fsp3) is 0.158. The van der Waals surface area contributed by atoms with Gasteiger partial charge in [0.1, 0.15) is 22.8 Å². The Labute approximate surface area is 145 Å². The molecule has 0 aromatic heterocycles. The molecule has 0 fully saturated rings. The van der Waals surface area contributed by atoms with Gasteiger partial charge in [-0.1, -0.05) is 18.2 Å². The van der Waals surface area contributed by atoms with Gasteiger partial charge in [-0.2, -0.15) is 0 Å². The average molecular weight is 339 g/mol. The predicted octanol–water partition coefficient (Wildman–Crippen LogP) is 3.06. The zero-order valence-electron chi connectivity index (χ0n) is 14.1. The van der Waals surface area contributed by atoms with E-state index in [0.29, 0.717) is 17.1 Å². The topological polar surface area (TPSA) is 66.3 Å². The number of hydrogen-bond acceptors (Lipinski definition) is 6. The molecule has 6 heteroatoms. The summed E-state index contributed by atoms with van der Waals surface area (Å²) in [5.74, 6) is 1.38. The number of ether oxygens (including phenoxy) is 4. The number of hydrogen-bond donors (Lipinski definition) is 0. The fourth-order valence-electron chi connectivity index (χ4n) is 2.44. The highest BCUT2D eigenvalue weighted by Gasteiger charge is 2.28. The minimum Gasteiger partial charge on any atom is -0.497 e. The molecule has 2 aromatic rings. The Bertz CT molecular complexity index is 830. The standard InChI is InChI=1S/C19H17NO5/c1-22-13-9-7-12(8-10-13)11-14-19(21)25-18(20-14)17-15(23-2)5-4-6-16(17)24-3/h4-11H,1-3H3/b14-11+. The van der Waals surface area contributed by atoms with E-state index in [1.54, 1.807) is 43.5 Å². The SMILES string of the molecule is COc1ccc(/C=C2/N=C(c3c(OC)cccc3OC)OC2=O)cc1. The van der Waals surface area contributed by atoms with Crippen molar-refractivity contribution in [1.82, 2.24) is 0 Å². The van der Waals surface area contributed by atoms with Gasteiger partial charge in [0.15, 0.2) is 5.70 Å². The van der Waals surface area contributed by atoms with Crippen molar-refractivity contribution in [1.29, 1.82) is 0 Å². The van der Waals surface area contributed by atoms with Crippen LogP contribution in [0.2, 0.25) is 0 Å². The molecule has 0 saturated carbocycles. The van der Waals surface area contributed by atoms with Crippen molar-refractivity contribution in [3.63, 3.8) is 0 Å². The lowest BCUT2D eigenvalue weighted by atomic mass is 10.1. The van der Waals surface area contributed by atoms with Crippen LogP contribution in [0.1, 0.15) is 11.1 Å². The number of methoxy groups -OCH3 is 3. The second-order valence-corrected chi connectivity index (χ2v) is 5.15. The van der Waals surface area contributed by atoms with Crippen LogP contribution in [0.3, 0.4) is 0 Å². The van der Waals surface area contributed by atoms with Crippen molar-refractivity contribution < 1.29 is 23.7 Å². The fourth-order valence-corrected chi connectivity index (χ4v) is 2.44. The van der Waals surface area contributed by atoms with Crippen molar-refractivity contribution in [2.75, 3.05) is 21.3 Å². The largest absolute Gasteiger partial charge is 0.497 e. The number of esters is 1. The van der Waals surface area contributed by atoms with E-state index in [-0.39, 0.29) is 11.6 Å². The van der Waals surface area contributed by atoms with Gasteiger partial charge in [-0.25, -0.2) is 9.79 Å². The lowest BCUT2D eigenvalue weighted by Crippen LogP contribution is -2.08. The number of carbonyl (C=O) groups excluding carboxylic acids is 1. The molecule has 0 N–H and O–H groups in total. The third kappa shape index (κ3) is 3.33. The zero-order chi connectivity index (χ0) is 17.8. The first-order valence-electron chi connectivity index (χ1n) is 7.54. The highest BCUT2D eigenvalue weighted by molar-refractivity contribution is 6.14.